The minimum atomic E-state index is -1.66. The molecule has 2 fully saturated rings. The van der Waals surface area contributed by atoms with Crippen LogP contribution in [0.1, 0.15) is 46.3 Å². The number of carbonyl (C=O) groups excluding carboxylic acids is 1. The van der Waals surface area contributed by atoms with Gasteiger partial charge in [0, 0.05) is 17.0 Å². The molecule has 1 unspecified atom stereocenters. The van der Waals surface area contributed by atoms with Gasteiger partial charge in [-0.05, 0) is 54.5 Å². The van der Waals surface area contributed by atoms with Gasteiger partial charge in [0.25, 0.3) is 0 Å². The summed E-state index contributed by atoms with van der Waals surface area (Å²) in [5, 5.41) is 40.8. The van der Waals surface area contributed by atoms with Crippen LogP contribution in [0.3, 0.4) is 0 Å². The van der Waals surface area contributed by atoms with Gasteiger partial charge in [0.1, 0.15) is 30.0 Å². The van der Waals surface area contributed by atoms with Crippen molar-refractivity contribution in [3.05, 3.63) is 70.7 Å². The molecule has 13 heteroatoms. The summed E-state index contributed by atoms with van der Waals surface area (Å²) in [7, 11) is 0. The molecule has 2 saturated heterocycles. The Hall–Kier alpha value is -3.36. The zero-order valence-electron chi connectivity index (χ0n) is 21.1. The number of aliphatic hydroxyl groups is 3. The van der Waals surface area contributed by atoms with E-state index in [2.05, 4.69) is 10.3 Å². The van der Waals surface area contributed by atoms with Crippen LogP contribution in [-0.4, -0.2) is 73.5 Å². The number of aromatic nitrogens is 3. The number of hydrogen-bond donors (Lipinski definition) is 4. The van der Waals surface area contributed by atoms with Crippen LogP contribution >= 0.6 is 0 Å². The summed E-state index contributed by atoms with van der Waals surface area (Å²) in [5.74, 6) is -7.25. The van der Waals surface area contributed by atoms with E-state index in [4.69, 9.17) is 15.2 Å². The summed E-state index contributed by atoms with van der Waals surface area (Å²) in [5.41, 5.74) is 7.61. The monoisotopic (exact) mass is 560 g/mol. The van der Waals surface area contributed by atoms with E-state index < -0.39 is 66.0 Å². The average molecular weight is 561 g/mol. The van der Waals surface area contributed by atoms with Crippen LogP contribution < -0.4 is 5.73 Å². The molecule has 1 spiro atoms. The van der Waals surface area contributed by atoms with Crippen molar-refractivity contribution >= 4 is 5.91 Å². The highest BCUT2D eigenvalue weighted by Crippen LogP contribution is 2.54. The molecule has 0 radical (unpaired) electrons. The van der Waals surface area contributed by atoms with E-state index >= 15 is 0 Å². The molecule has 7 atom stereocenters. The largest absolute Gasteiger partial charge is 0.394 e. The van der Waals surface area contributed by atoms with Gasteiger partial charge in [-0.15, -0.1) is 5.10 Å². The second-order valence-corrected chi connectivity index (χ2v) is 10.5. The van der Waals surface area contributed by atoms with Crippen molar-refractivity contribution in [3.8, 4) is 11.3 Å². The Labute approximate surface area is 226 Å². The van der Waals surface area contributed by atoms with Gasteiger partial charge >= 0.3 is 0 Å². The number of halogens is 3. The van der Waals surface area contributed by atoms with E-state index in [0.717, 1.165) is 27.9 Å². The van der Waals surface area contributed by atoms with Crippen LogP contribution in [0.5, 0.6) is 0 Å². The minimum Gasteiger partial charge on any atom is -0.394 e. The smallest absolute Gasteiger partial charge is 0.248 e. The average Bonchev–Trinajstić information content (AvgIpc) is 3.68. The first-order valence-electron chi connectivity index (χ1n) is 12.9. The van der Waals surface area contributed by atoms with E-state index in [9.17, 15) is 33.3 Å². The highest BCUT2D eigenvalue weighted by Gasteiger charge is 2.63. The van der Waals surface area contributed by atoms with Crippen LogP contribution in [0.4, 0.5) is 13.2 Å². The molecule has 2 aliphatic heterocycles. The maximum Gasteiger partial charge on any atom is 0.248 e. The molecule has 0 saturated carbocycles. The molecule has 1 aliphatic carbocycles. The summed E-state index contributed by atoms with van der Waals surface area (Å²) in [4.78, 5) is 12.0. The zero-order chi connectivity index (χ0) is 28.3. The van der Waals surface area contributed by atoms with Gasteiger partial charge in [0.2, 0.25) is 11.7 Å². The van der Waals surface area contributed by atoms with Crippen LogP contribution in [-0.2, 0) is 15.9 Å². The van der Waals surface area contributed by atoms with Gasteiger partial charge in [-0.25, -0.2) is 17.9 Å². The van der Waals surface area contributed by atoms with Gasteiger partial charge in [-0.2, -0.15) is 0 Å². The van der Waals surface area contributed by atoms with Crippen LogP contribution in [0.2, 0.25) is 0 Å². The molecule has 0 bridgehead atoms. The van der Waals surface area contributed by atoms with Crippen molar-refractivity contribution in [3.63, 3.8) is 0 Å². The number of benzene rings is 2. The predicted octanol–water partition coefficient (Wildman–Crippen LogP) is 1.58. The Bertz CT molecular complexity index is 1450. The molecular formula is C27H27F3N4O6. The second-order valence-electron chi connectivity index (χ2n) is 10.5. The fourth-order valence-electron chi connectivity index (χ4n) is 6.62. The van der Waals surface area contributed by atoms with Gasteiger partial charge in [0.05, 0.1) is 19.4 Å². The van der Waals surface area contributed by atoms with E-state index in [-0.39, 0.29) is 23.8 Å². The molecule has 5 N–H and O–H groups in total. The molecule has 6 rings (SSSR count). The summed E-state index contributed by atoms with van der Waals surface area (Å²) >= 11 is 0. The Morgan fingerprint density at radius 1 is 1.18 bits per heavy atom. The molecule has 3 aromatic rings. The predicted molar refractivity (Wildman–Crippen MR) is 131 cm³/mol. The second kappa shape index (κ2) is 9.93. The van der Waals surface area contributed by atoms with Gasteiger partial charge < -0.3 is 30.5 Å². The molecule has 1 amide bonds. The van der Waals surface area contributed by atoms with Gasteiger partial charge in [-0.1, -0.05) is 17.3 Å². The number of aliphatic hydroxyl groups excluding tert-OH is 3. The molecule has 212 valence electrons. The number of primary amides is 1. The van der Waals surface area contributed by atoms with Crippen molar-refractivity contribution in [2.75, 3.05) is 13.2 Å². The van der Waals surface area contributed by atoms with E-state index in [1.165, 1.54) is 6.20 Å². The molecule has 2 aromatic carbocycles. The number of carbonyl (C=O) groups is 1. The van der Waals surface area contributed by atoms with Crippen molar-refractivity contribution in [1.82, 2.24) is 15.0 Å². The van der Waals surface area contributed by atoms with Crippen molar-refractivity contribution in [2.24, 2.45) is 11.7 Å². The normalized spacial score (nSPS) is 31.6. The summed E-state index contributed by atoms with van der Waals surface area (Å²) in [6.45, 7) is -0.383. The number of nitrogens with two attached hydrogens (primary N) is 1. The van der Waals surface area contributed by atoms with Crippen molar-refractivity contribution in [1.29, 1.82) is 0 Å². The maximum atomic E-state index is 13.8. The fraction of sp³-hybridized carbons (Fsp3) is 0.444. The zero-order valence-corrected chi connectivity index (χ0v) is 21.1. The Balaban J connectivity index is 1.37. The fourth-order valence-corrected chi connectivity index (χ4v) is 6.62. The van der Waals surface area contributed by atoms with Crippen LogP contribution in [0, 0.1) is 23.4 Å². The lowest BCUT2D eigenvalue weighted by atomic mass is 9.75. The topological polar surface area (TPSA) is 153 Å². The molecule has 3 heterocycles. The molecule has 1 aromatic heterocycles. The number of hydrogen-bond acceptors (Lipinski definition) is 8. The molecule has 40 heavy (non-hydrogen) atoms. The highest BCUT2D eigenvalue weighted by molar-refractivity contribution is 5.95. The lowest BCUT2D eigenvalue weighted by Crippen LogP contribution is -2.65. The molecule has 3 aliphatic rings. The standard InChI is InChI=1S/C27H27F3N4O6/c28-18-8-12(9-19(29)22(18)30)20-10-34(33-32-20)23-24(36)21(11-35)40-27(25(23)37)17(6-7-39-27)15-5-4-14-13(15)2-1-3-16(14)26(31)38/h1-3,8-10,15,17,21,23-25,35-37H,4-7,11H2,(H2,31,38)/t15?,17-,21-,23+,24+,25-,27+/m1/s1. The number of ether oxygens (including phenoxy) is 2. The Kier molecular flexibility index (Phi) is 6.66. The maximum absolute atomic E-state index is 13.8. The third-order valence-electron chi connectivity index (χ3n) is 8.42. The van der Waals surface area contributed by atoms with Gasteiger partial charge in [-0.3, -0.25) is 4.79 Å². The number of fused-ring (bicyclic) bond motifs is 1. The van der Waals surface area contributed by atoms with Gasteiger partial charge in [0.15, 0.2) is 17.5 Å². The number of nitrogens with zero attached hydrogens (tertiary/aromatic N) is 3. The first kappa shape index (κ1) is 26.8. The third-order valence-corrected chi connectivity index (χ3v) is 8.42. The number of amides is 1. The molecular weight excluding hydrogens is 533 g/mol. The van der Waals surface area contributed by atoms with Crippen molar-refractivity contribution < 1.29 is 42.8 Å². The van der Waals surface area contributed by atoms with Crippen molar-refractivity contribution in [2.45, 2.75) is 55.3 Å². The Morgan fingerprint density at radius 3 is 2.62 bits per heavy atom. The van der Waals surface area contributed by atoms with E-state index in [1.807, 2.05) is 6.07 Å². The van der Waals surface area contributed by atoms with E-state index in [0.29, 0.717) is 24.8 Å². The first-order chi connectivity index (χ1) is 19.2. The molecule has 10 nitrogen and oxygen atoms in total. The number of rotatable bonds is 5. The summed E-state index contributed by atoms with van der Waals surface area (Å²) < 4.78 is 54.5. The lowest BCUT2D eigenvalue weighted by Gasteiger charge is -2.51. The third kappa shape index (κ3) is 4.03. The summed E-state index contributed by atoms with van der Waals surface area (Å²) in [6, 6.07) is 5.61. The quantitative estimate of drug-likeness (QED) is 0.343. The highest BCUT2D eigenvalue weighted by atomic mass is 19.2. The van der Waals surface area contributed by atoms with E-state index in [1.54, 1.807) is 12.1 Å². The Morgan fingerprint density at radius 2 is 1.93 bits per heavy atom. The van der Waals surface area contributed by atoms with Crippen LogP contribution in [0.15, 0.2) is 36.5 Å². The summed E-state index contributed by atoms with van der Waals surface area (Å²) in [6.07, 6.45) is -1.20. The minimum absolute atomic E-state index is 0.0362. The first-order valence-corrected chi connectivity index (χ1v) is 12.9. The van der Waals surface area contributed by atoms with Crippen LogP contribution in [0.25, 0.3) is 11.3 Å². The lowest BCUT2D eigenvalue weighted by molar-refractivity contribution is -0.355. The SMILES string of the molecule is NC(=O)c1cccc2c1CCC2[C@H]1CCO[C@]12O[C@H](CO)[C@H](O)[C@H](n1cc(-c3cc(F)c(F)c(F)c3)nn1)[C@H]2O.